The smallest absolute Gasteiger partial charge is 0.291 e. The number of aryl methyl sites for hydroxylation is 1. The van der Waals surface area contributed by atoms with Gasteiger partial charge in [-0.2, -0.15) is 0 Å². The van der Waals surface area contributed by atoms with E-state index in [9.17, 15) is 9.59 Å². The molecule has 0 saturated carbocycles. The molecule has 0 bridgehead atoms. The number of fused-ring (bicyclic) bond motifs is 1. The number of amides is 2. The quantitative estimate of drug-likeness (QED) is 0.555. The van der Waals surface area contributed by atoms with E-state index in [2.05, 4.69) is 15.6 Å². The number of carbonyl (C=O) groups excluding carboxylic acids is 2. The second-order valence-corrected chi connectivity index (χ2v) is 6.94. The van der Waals surface area contributed by atoms with E-state index in [1.165, 1.54) is 17.6 Å². The molecule has 7 nitrogen and oxygen atoms in total. The number of thiophene rings is 1. The molecule has 0 aliphatic carbocycles. The lowest BCUT2D eigenvalue weighted by Crippen LogP contribution is -2.23. The zero-order valence-electron chi connectivity index (χ0n) is 14.4. The van der Waals surface area contributed by atoms with Gasteiger partial charge < -0.3 is 19.6 Å². The number of benzene rings is 1. The number of para-hydroxylation sites is 2. The fraction of sp³-hybridized carbons (Fsp3) is 0.105. The Balaban J connectivity index is 1.40. The number of hydrogen-bond donors (Lipinski definition) is 2. The average molecular weight is 380 g/mol. The minimum absolute atomic E-state index is 0.217. The average Bonchev–Trinajstić information content (AvgIpc) is 3.41. The monoisotopic (exact) mass is 380 g/mol. The van der Waals surface area contributed by atoms with Crippen LogP contribution in [0.2, 0.25) is 0 Å². The molecule has 27 heavy (non-hydrogen) atoms. The number of hydrogen-bond acceptors (Lipinski definition) is 5. The van der Waals surface area contributed by atoms with Crippen molar-refractivity contribution >= 4 is 39.2 Å². The van der Waals surface area contributed by atoms with Crippen molar-refractivity contribution in [1.29, 1.82) is 0 Å². The van der Waals surface area contributed by atoms with Crippen LogP contribution in [0.3, 0.4) is 0 Å². The second kappa shape index (κ2) is 7.08. The van der Waals surface area contributed by atoms with Crippen LogP contribution in [0.1, 0.15) is 26.1 Å². The highest BCUT2D eigenvalue weighted by atomic mass is 32.1. The summed E-state index contributed by atoms with van der Waals surface area (Å²) in [6.07, 6.45) is 1.43. The van der Waals surface area contributed by atoms with Gasteiger partial charge in [0.2, 0.25) is 0 Å². The van der Waals surface area contributed by atoms with E-state index in [0.29, 0.717) is 16.4 Å². The molecule has 0 saturated heterocycles. The number of anilines is 1. The van der Waals surface area contributed by atoms with Gasteiger partial charge in [0.1, 0.15) is 5.82 Å². The van der Waals surface area contributed by atoms with E-state index in [4.69, 9.17) is 4.42 Å². The Hall–Kier alpha value is -3.39. The van der Waals surface area contributed by atoms with E-state index < -0.39 is 0 Å². The van der Waals surface area contributed by atoms with Gasteiger partial charge in [-0.3, -0.25) is 9.59 Å². The Bertz CT molecular complexity index is 1110. The topological polar surface area (TPSA) is 89.2 Å². The molecule has 4 aromatic rings. The van der Waals surface area contributed by atoms with E-state index in [1.54, 1.807) is 24.3 Å². The highest BCUT2D eigenvalue weighted by molar-refractivity contribution is 7.18. The van der Waals surface area contributed by atoms with E-state index in [-0.39, 0.29) is 17.6 Å². The largest absolute Gasteiger partial charge is 0.459 e. The first kappa shape index (κ1) is 17.0. The third-order valence-electron chi connectivity index (χ3n) is 4.10. The fourth-order valence-corrected chi connectivity index (χ4v) is 3.53. The predicted molar refractivity (Wildman–Crippen MR) is 103 cm³/mol. The van der Waals surface area contributed by atoms with Crippen molar-refractivity contribution in [3.05, 3.63) is 71.3 Å². The molecule has 0 radical (unpaired) electrons. The lowest BCUT2D eigenvalue weighted by atomic mass is 10.3. The number of carbonyl (C=O) groups is 2. The maximum Gasteiger partial charge on any atom is 0.291 e. The minimum Gasteiger partial charge on any atom is -0.459 e. The van der Waals surface area contributed by atoms with Crippen molar-refractivity contribution in [1.82, 2.24) is 14.9 Å². The Morgan fingerprint density at radius 2 is 1.96 bits per heavy atom. The molecule has 0 atom stereocenters. The summed E-state index contributed by atoms with van der Waals surface area (Å²) in [5.41, 5.74) is 1.91. The molecule has 0 aliphatic heterocycles. The van der Waals surface area contributed by atoms with Gasteiger partial charge in [0.25, 0.3) is 11.8 Å². The van der Waals surface area contributed by atoms with Crippen LogP contribution in [0.4, 0.5) is 5.00 Å². The molecule has 4 rings (SSSR count). The normalized spacial score (nSPS) is 10.9. The van der Waals surface area contributed by atoms with Crippen molar-refractivity contribution in [2.75, 3.05) is 5.32 Å². The molecule has 1 aromatic carbocycles. The molecular formula is C19H16N4O3S. The maximum atomic E-state index is 12.4. The lowest BCUT2D eigenvalue weighted by Gasteiger charge is -2.04. The summed E-state index contributed by atoms with van der Waals surface area (Å²) in [6, 6.07) is 14.4. The standard InChI is InChI=1S/C19H16N4O3S/c1-23-13-6-3-2-5-12(13)21-16(23)11-20-19(25)15-8-9-17(27-15)22-18(24)14-7-4-10-26-14/h2-10H,11H2,1H3,(H,20,25)(H,22,24). The van der Waals surface area contributed by atoms with Crippen molar-refractivity contribution in [3.63, 3.8) is 0 Å². The minimum atomic E-state index is -0.353. The number of nitrogens with one attached hydrogen (secondary N) is 2. The van der Waals surface area contributed by atoms with Gasteiger partial charge in [-0.25, -0.2) is 4.98 Å². The zero-order chi connectivity index (χ0) is 18.8. The Kier molecular flexibility index (Phi) is 4.47. The first-order valence-corrected chi connectivity index (χ1v) is 9.06. The number of nitrogens with zero attached hydrogens (tertiary/aromatic N) is 2. The van der Waals surface area contributed by atoms with Crippen molar-refractivity contribution in [2.45, 2.75) is 6.54 Å². The summed E-state index contributed by atoms with van der Waals surface area (Å²) in [5, 5.41) is 6.15. The van der Waals surface area contributed by atoms with Gasteiger partial charge in [0.05, 0.1) is 33.7 Å². The summed E-state index contributed by atoms with van der Waals surface area (Å²) in [7, 11) is 1.92. The molecular weight excluding hydrogens is 364 g/mol. The SMILES string of the molecule is Cn1c(CNC(=O)c2ccc(NC(=O)c3ccco3)s2)nc2ccccc21. The van der Waals surface area contributed by atoms with Crippen LogP contribution >= 0.6 is 11.3 Å². The second-order valence-electron chi connectivity index (χ2n) is 5.85. The van der Waals surface area contributed by atoms with Gasteiger partial charge >= 0.3 is 0 Å². The van der Waals surface area contributed by atoms with Crippen molar-refractivity contribution in [2.24, 2.45) is 7.05 Å². The van der Waals surface area contributed by atoms with E-state index in [1.807, 2.05) is 35.9 Å². The van der Waals surface area contributed by atoms with Gasteiger partial charge in [-0.1, -0.05) is 12.1 Å². The first-order chi connectivity index (χ1) is 13.1. The summed E-state index contributed by atoms with van der Waals surface area (Å²) >= 11 is 1.20. The predicted octanol–water partition coefficient (Wildman–Crippen LogP) is 3.41. The van der Waals surface area contributed by atoms with Gasteiger partial charge in [0, 0.05) is 7.05 Å². The first-order valence-electron chi connectivity index (χ1n) is 8.25. The van der Waals surface area contributed by atoms with Gasteiger partial charge in [-0.05, 0) is 36.4 Å². The van der Waals surface area contributed by atoms with Crippen LogP contribution in [-0.4, -0.2) is 21.4 Å². The van der Waals surface area contributed by atoms with Crippen molar-refractivity contribution < 1.29 is 14.0 Å². The third kappa shape index (κ3) is 3.47. The van der Waals surface area contributed by atoms with Crippen LogP contribution in [0.25, 0.3) is 11.0 Å². The number of imidazole rings is 1. The third-order valence-corrected chi connectivity index (χ3v) is 5.10. The highest BCUT2D eigenvalue weighted by Crippen LogP contribution is 2.23. The van der Waals surface area contributed by atoms with Crippen LogP contribution in [0.15, 0.2) is 59.2 Å². The molecule has 3 heterocycles. The molecule has 2 N–H and O–H groups in total. The summed E-state index contributed by atoms with van der Waals surface area (Å²) < 4.78 is 7.01. The number of aromatic nitrogens is 2. The molecule has 0 fully saturated rings. The van der Waals surface area contributed by atoms with E-state index >= 15 is 0 Å². The molecule has 8 heteroatoms. The summed E-state index contributed by atoms with van der Waals surface area (Å²) in [4.78, 5) is 29.4. The molecule has 0 unspecified atom stereocenters. The van der Waals surface area contributed by atoms with Crippen molar-refractivity contribution in [3.8, 4) is 0 Å². The zero-order valence-corrected chi connectivity index (χ0v) is 15.2. The molecule has 0 spiro atoms. The van der Waals surface area contributed by atoms with Crippen LogP contribution < -0.4 is 10.6 Å². The fourth-order valence-electron chi connectivity index (χ4n) is 2.71. The number of rotatable bonds is 5. The lowest BCUT2D eigenvalue weighted by molar-refractivity contribution is 0.0952. The van der Waals surface area contributed by atoms with Crippen LogP contribution in [0.5, 0.6) is 0 Å². The summed E-state index contributed by atoms with van der Waals surface area (Å²) in [5.74, 6) is 0.419. The number of furan rings is 1. The highest BCUT2D eigenvalue weighted by Gasteiger charge is 2.14. The van der Waals surface area contributed by atoms with Crippen LogP contribution in [-0.2, 0) is 13.6 Å². The van der Waals surface area contributed by atoms with E-state index in [0.717, 1.165) is 16.9 Å². The van der Waals surface area contributed by atoms with Gasteiger partial charge in [0.15, 0.2) is 5.76 Å². The Labute approximate surface area is 158 Å². The van der Waals surface area contributed by atoms with Crippen LogP contribution in [0, 0.1) is 0 Å². The summed E-state index contributed by atoms with van der Waals surface area (Å²) in [6.45, 7) is 0.315. The molecule has 3 aromatic heterocycles. The Morgan fingerprint density at radius 3 is 2.74 bits per heavy atom. The Morgan fingerprint density at radius 1 is 1.11 bits per heavy atom. The maximum absolute atomic E-state index is 12.4. The molecule has 2 amide bonds. The molecule has 0 aliphatic rings. The van der Waals surface area contributed by atoms with Gasteiger partial charge in [-0.15, -0.1) is 11.3 Å². The molecule has 136 valence electrons.